The summed E-state index contributed by atoms with van der Waals surface area (Å²) < 4.78 is 30.9. The molecule has 164 valence electrons. The smallest absolute Gasteiger partial charge is 0.240 e. The van der Waals surface area contributed by atoms with Crippen LogP contribution in [0.15, 0.2) is 48.5 Å². The molecule has 6 nitrogen and oxygen atoms in total. The molecule has 0 bridgehead atoms. The highest BCUT2D eigenvalue weighted by atomic mass is 32.2. The number of nitrogens with zero attached hydrogens (tertiary/aromatic N) is 1. The van der Waals surface area contributed by atoms with Crippen LogP contribution in [0.4, 0.5) is 5.69 Å². The van der Waals surface area contributed by atoms with Gasteiger partial charge in [0.2, 0.25) is 15.9 Å². The van der Waals surface area contributed by atoms with Crippen molar-refractivity contribution in [2.45, 2.75) is 39.0 Å². The number of ether oxygens (including phenoxy) is 1. The third kappa shape index (κ3) is 7.06. The molecule has 0 fully saturated rings. The van der Waals surface area contributed by atoms with E-state index in [1.165, 1.54) is 0 Å². The summed E-state index contributed by atoms with van der Waals surface area (Å²) in [5.41, 5.74) is 2.67. The number of carbonyl (C=O) groups excluding carboxylic acids is 1. The Morgan fingerprint density at radius 2 is 1.77 bits per heavy atom. The molecule has 1 N–H and O–H groups in total. The maximum absolute atomic E-state index is 12.4. The number of rotatable bonds is 9. The number of anilines is 1. The number of amides is 1. The quantitative estimate of drug-likeness (QED) is 0.615. The molecular formula is C23H32N2O4S. The Kier molecular flexibility index (Phi) is 7.89. The van der Waals surface area contributed by atoms with Gasteiger partial charge in [-0.25, -0.2) is 8.42 Å². The van der Waals surface area contributed by atoms with Crippen LogP contribution in [0.2, 0.25) is 0 Å². The largest absolute Gasteiger partial charge is 0.497 e. The van der Waals surface area contributed by atoms with Crippen molar-refractivity contribution < 1.29 is 17.9 Å². The summed E-state index contributed by atoms with van der Waals surface area (Å²) in [5, 5.41) is 2.81. The minimum atomic E-state index is -3.58. The first-order chi connectivity index (χ1) is 14.0. The minimum Gasteiger partial charge on any atom is -0.497 e. The van der Waals surface area contributed by atoms with Gasteiger partial charge in [-0.2, -0.15) is 0 Å². The lowest BCUT2D eigenvalue weighted by molar-refractivity contribution is -0.119. The van der Waals surface area contributed by atoms with Crippen molar-refractivity contribution in [1.29, 1.82) is 0 Å². The second kappa shape index (κ2) is 9.98. The monoisotopic (exact) mass is 432 g/mol. The summed E-state index contributed by atoms with van der Waals surface area (Å²) in [7, 11) is -1.96. The number of hydrogen-bond acceptors (Lipinski definition) is 4. The molecule has 0 heterocycles. The fraction of sp³-hybridized carbons (Fsp3) is 0.435. The van der Waals surface area contributed by atoms with Crippen LogP contribution in [0.3, 0.4) is 0 Å². The number of nitrogens with one attached hydrogen (secondary N) is 1. The van der Waals surface area contributed by atoms with Crippen molar-refractivity contribution in [3.8, 4) is 5.75 Å². The number of sulfonamides is 1. The van der Waals surface area contributed by atoms with Crippen LogP contribution in [0, 0.1) is 0 Å². The number of carbonyl (C=O) groups is 1. The second-order valence-electron chi connectivity index (χ2n) is 8.37. The van der Waals surface area contributed by atoms with Crippen LogP contribution < -0.4 is 14.4 Å². The van der Waals surface area contributed by atoms with Crippen LogP contribution >= 0.6 is 0 Å². The van der Waals surface area contributed by atoms with E-state index >= 15 is 0 Å². The van der Waals surface area contributed by atoms with Crippen molar-refractivity contribution in [2.24, 2.45) is 0 Å². The number of aryl methyl sites for hydroxylation is 1. The highest BCUT2D eigenvalue weighted by molar-refractivity contribution is 7.92. The van der Waals surface area contributed by atoms with Gasteiger partial charge in [0.15, 0.2) is 0 Å². The predicted molar refractivity (Wildman–Crippen MR) is 122 cm³/mol. The molecule has 2 rings (SSSR count). The fourth-order valence-electron chi connectivity index (χ4n) is 3.06. The molecule has 0 unspecified atom stereocenters. The van der Waals surface area contributed by atoms with Gasteiger partial charge in [-0.15, -0.1) is 0 Å². The Labute approximate surface area is 180 Å². The van der Waals surface area contributed by atoms with Gasteiger partial charge in [-0.1, -0.05) is 45.0 Å². The molecule has 0 saturated heterocycles. The van der Waals surface area contributed by atoms with Crippen LogP contribution in [-0.2, 0) is 26.7 Å². The Morgan fingerprint density at radius 1 is 1.10 bits per heavy atom. The van der Waals surface area contributed by atoms with Crippen LogP contribution in [0.5, 0.6) is 5.75 Å². The van der Waals surface area contributed by atoms with E-state index in [1.807, 2.05) is 36.4 Å². The maximum Gasteiger partial charge on any atom is 0.240 e. The van der Waals surface area contributed by atoms with E-state index in [1.54, 1.807) is 19.2 Å². The third-order valence-corrected chi connectivity index (χ3v) is 5.95. The SMILES string of the molecule is COc1cccc(CCCNC(=O)CN(c2ccc(C(C)(C)C)cc2)S(C)(=O)=O)c1. The van der Waals surface area contributed by atoms with Crippen molar-refractivity contribution in [2.75, 3.05) is 30.8 Å². The zero-order valence-corrected chi connectivity index (χ0v) is 19.3. The van der Waals surface area contributed by atoms with E-state index in [4.69, 9.17) is 4.74 Å². The van der Waals surface area contributed by atoms with Gasteiger partial charge in [-0.05, 0) is 53.6 Å². The number of hydrogen-bond donors (Lipinski definition) is 1. The van der Waals surface area contributed by atoms with Gasteiger partial charge < -0.3 is 10.1 Å². The summed E-state index contributed by atoms with van der Waals surface area (Å²) in [6.07, 6.45) is 2.65. The molecule has 2 aromatic carbocycles. The molecule has 0 saturated carbocycles. The second-order valence-corrected chi connectivity index (χ2v) is 10.3. The summed E-state index contributed by atoms with van der Waals surface area (Å²) in [5.74, 6) is 0.476. The van der Waals surface area contributed by atoms with Crippen molar-refractivity contribution in [1.82, 2.24) is 5.32 Å². The first-order valence-corrected chi connectivity index (χ1v) is 11.8. The molecule has 7 heteroatoms. The van der Waals surface area contributed by atoms with E-state index in [9.17, 15) is 13.2 Å². The first-order valence-electron chi connectivity index (χ1n) is 9.98. The molecule has 0 aromatic heterocycles. The molecular weight excluding hydrogens is 400 g/mol. The molecule has 30 heavy (non-hydrogen) atoms. The molecule has 0 atom stereocenters. The molecule has 1 amide bonds. The Bertz CT molecular complexity index is 948. The normalized spacial score (nSPS) is 11.8. The average molecular weight is 433 g/mol. The summed E-state index contributed by atoms with van der Waals surface area (Å²) >= 11 is 0. The standard InChI is InChI=1S/C23H32N2O4S/c1-23(2,3)19-11-13-20(14-12-19)25(30(5,27)28)17-22(26)24-15-7-9-18-8-6-10-21(16-18)29-4/h6,8,10-14,16H,7,9,15,17H2,1-5H3,(H,24,26). The van der Waals surface area contributed by atoms with Gasteiger partial charge in [0, 0.05) is 6.54 Å². The van der Waals surface area contributed by atoms with Crippen molar-refractivity contribution >= 4 is 21.6 Å². The molecule has 0 aliphatic carbocycles. The van der Waals surface area contributed by atoms with E-state index in [0.29, 0.717) is 12.2 Å². The van der Waals surface area contributed by atoms with Gasteiger partial charge in [0.1, 0.15) is 12.3 Å². The highest BCUT2D eigenvalue weighted by Gasteiger charge is 2.21. The van der Waals surface area contributed by atoms with Crippen LogP contribution in [0.1, 0.15) is 38.3 Å². The maximum atomic E-state index is 12.4. The Balaban J connectivity index is 1.94. The Morgan fingerprint density at radius 3 is 2.33 bits per heavy atom. The number of methoxy groups -OCH3 is 1. The van der Waals surface area contributed by atoms with E-state index < -0.39 is 10.0 Å². The predicted octanol–water partition coefficient (Wildman–Crippen LogP) is 3.51. The van der Waals surface area contributed by atoms with Gasteiger partial charge in [0.05, 0.1) is 19.1 Å². The average Bonchev–Trinajstić information content (AvgIpc) is 2.68. The molecule has 0 aliphatic rings. The zero-order chi connectivity index (χ0) is 22.4. The van der Waals surface area contributed by atoms with Gasteiger partial charge >= 0.3 is 0 Å². The van der Waals surface area contributed by atoms with Crippen molar-refractivity contribution in [3.63, 3.8) is 0 Å². The first kappa shape index (κ1) is 23.7. The van der Waals surface area contributed by atoms with Crippen molar-refractivity contribution in [3.05, 3.63) is 59.7 Å². The molecule has 2 aromatic rings. The van der Waals surface area contributed by atoms with Crippen LogP contribution in [-0.4, -0.2) is 40.8 Å². The Hall–Kier alpha value is -2.54. The summed E-state index contributed by atoms with van der Waals surface area (Å²) in [4.78, 5) is 12.4. The highest BCUT2D eigenvalue weighted by Crippen LogP contribution is 2.25. The lowest BCUT2D eigenvalue weighted by atomic mass is 9.87. The molecule has 0 aliphatic heterocycles. The number of benzene rings is 2. The van der Waals surface area contributed by atoms with Gasteiger partial charge in [-0.3, -0.25) is 9.10 Å². The van der Waals surface area contributed by atoms with E-state index in [-0.39, 0.29) is 17.9 Å². The third-order valence-electron chi connectivity index (χ3n) is 4.81. The van der Waals surface area contributed by atoms with E-state index in [0.717, 1.165) is 40.3 Å². The lowest BCUT2D eigenvalue weighted by Gasteiger charge is -2.24. The molecule has 0 radical (unpaired) electrons. The van der Waals surface area contributed by atoms with Crippen LogP contribution in [0.25, 0.3) is 0 Å². The zero-order valence-electron chi connectivity index (χ0n) is 18.4. The fourth-order valence-corrected chi connectivity index (χ4v) is 3.92. The van der Waals surface area contributed by atoms with Gasteiger partial charge in [0.25, 0.3) is 0 Å². The summed E-state index contributed by atoms with van der Waals surface area (Å²) in [6.45, 7) is 6.50. The van der Waals surface area contributed by atoms with E-state index in [2.05, 4.69) is 26.1 Å². The minimum absolute atomic E-state index is 0.0331. The summed E-state index contributed by atoms with van der Waals surface area (Å²) in [6, 6.07) is 15.1. The molecule has 0 spiro atoms. The lowest BCUT2D eigenvalue weighted by Crippen LogP contribution is -2.40. The topological polar surface area (TPSA) is 75.7 Å².